The van der Waals surface area contributed by atoms with Gasteiger partial charge in [0.25, 0.3) is 5.91 Å². The van der Waals surface area contributed by atoms with Gasteiger partial charge in [0.2, 0.25) is 0 Å². The molecule has 0 aromatic heterocycles. The van der Waals surface area contributed by atoms with Gasteiger partial charge in [0, 0.05) is 16.4 Å². The maximum Gasteiger partial charge on any atom is 0.340 e. The van der Waals surface area contributed by atoms with E-state index in [4.69, 9.17) is 22.1 Å². The van der Waals surface area contributed by atoms with Gasteiger partial charge >= 0.3 is 5.97 Å². The zero-order chi connectivity index (χ0) is 17.0. The van der Waals surface area contributed by atoms with Crippen molar-refractivity contribution in [2.75, 3.05) is 17.7 Å². The summed E-state index contributed by atoms with van der Waals surface area (Å²) < 4.78 is 18.0. The van der Waals surface area contributed by atoms with E-state index in [-0.39, 0.29) is 11.3 Å². The number of rotatable bonds is 4. The normalized spacial score (nSPS) is 10.2. The lowest BCUT2D eigenvalue weighted by Gasteiger charge is -2.10. The van der Waals surface area contributed by atoms with E-state index < -0.39 is 24.3 Å². The van der Waals surface area contributed by atoms with Crippen molar-refractivity contribution < 1.29 is 18.7 Å². The fraction of sp³-hybridized carbons (Fsp3) is 0.125. The molecule has 1 amide bonds. The van der Waals surface area contributed by atoms with Crippen molar-refractivity contribution in [1.82, 2.24) is 0 Å². The lowest BCUT2D eigenvalue weighted by Crippen LogP contribution is -2.21. The summed E-state index contributed by atoms with van der Waals surface area (Å²) in [5, 5.41) is 2.86. The molecule has 5 nitrogen and oxygen atoms in total. The molecule has 0 atom stereocenters. The topological polar surface area (TPSA) is 81.4 Å². The Labute approximate surface area is 137 Å². The molecule has 0 heterocycles. The minimum absolute atomic E-state index is 0.115. The van der Waals surface area contributed by atoms with E-state index in [1.54, 1.807) is 6.92 Å². The Morgan fingerprint density at radius 1 is 1.26 bits per heavy atom. The molecule has 0 unspecified atom stereocenters. The average molecular weight is 337 g/mol. The van der Waals surface area contributed by atoms with Crippen molar-refractivity contribution in [3.05, 3.63) is 58.4 Å². The summed E-state index contributed by atoms with van der Waals surface area (Å²) in [6.45, 7) is 1.20. The van der Waals surface area contributed by atoms with Crippen LogP contribution in [0.4, 0.5) is 15.8 Å². The second-order valence-corrected chi connectivity index (χ2v) is 5.25. The molecule has 0 bridgehead atoms. The van der Waals surface area contributed by atoms with Gasteiger partial charge in [0.15, 0.2) is 6.61 Å². The van der Waals surface area contributed by atoms with Crippen molar-refractivity contribution >= 4 is 34.9 Å². The summed E-state index contributed by atoms with van der Waals surface area (Å²) in [5.41, 5.74) is 6.94. The Hall–Kier alpha value is -2.60. The number of aryl methyl sites for hydroxylation is 1. The van der Waals surface area contributed by atoms with E-state index in [1.807, 2.05) is 0 Å². The highest BCUT2D eigenvalue weighted by molar-refractivity contribution is 6.31. The minimum Gasteiger partial charge on any atom is -0.452 e. The molecular formula is C16H14ClFN2O3. The molecule has 0 fully saturated rings. The fourth-order valence-corrected chi connectivity index (χ4v) is 2.02. The van der Waals surface area contributed by atoms with Crippen LogP contribution in [0.15, 0.2) is 36.4 Å². The van der Waals surface area contributed by atoms with Gasteiger partial charge in [-0.15, -0.1) is 0 Å². The maximum atomic E-state index is 13.1. The van der Waals surface area contributed by atoms with Crippen LogP contribution in [0.5, 0.6) is 0 Å². The van der Waals surface area contributed by atoms with Crippen LogP contribution in [0.2, 0.25) is 5.02 Å². The number of hydrogen-bond acceptors (Lipinski definition) is 4. The van der Waals surface area contributed by atoms with Crippen LogP contribution in [-0.2, 0) is 9.53 Å². The first-order valence-electron chi connectivity index (χ1n) is 6.65. The number of amides is 1. The molecular weight excluding hydrogens is 323 g/mol. The predicted molar refractivity (Wildman–Crippen MR) is 85.9 cm³/mol. The summed E-state index contributed by atoms with van der Waals surface area (Å²) in [6, 6.07) is 8.32. The van der Waals surface area contributed by atoms with E-state index in [0.29, 0.717) is 16.3 Å². The standard InChI is InChI=1S/C16H14ClFN2O3/c1-9-2-4-11(18)7-14(9)20-15(21)8-23-16(22)12-5-3-10(17)6-13(12)19/h2-7H,8,19H2,1H3,(H,20,21). The van der Waals surface area contributed by atoms with Crippen LogP contribution in [0.3, 0.4) is 0 Å². The average Bonchev–Trinajstić information content (AvgIpc) is 2.48. The van der Waals surface area contributed by atoms with Crippen LogP contribution < -0.4 is 11.1 Å². The third-order valence-electron chi connectivity index (χ3n) is 3.04. The number of hydrogen-bond donors (Lipinski definition) is 2. The van der Waals surface area contributed by atoms with Gasteiger partial charge in [-0.25, -0.2) is 9.18 Å². The van der Waals surface area contributed by atoms with Gasteiger partial charge in [-0.05, 0) is 42.8 Å². The molecule has 2 rings (SSSR count). The minimum atomic E-state index is -0.745. The highest BCUT2D eigenvalue weighted by Crippen LogP contribution is 2.19. The molecule has 0 aliphatic rings. The molecule has 0 spiro atoms. The van der Waals surface area contributed by atoms with Crippen molar-refractivity contribution in [3.63, 3.8) is 0 Å². The Balaban J connectivity index is 1.96. The first-order chi connectivity index (χ1) is 10.9. The van der Waals surface area contributed by atoms with Crippen LogP contribution in [0.25, 0.3) is 0 Å². The van der Waals surface area contributed by atoms with E-state index >= 15 is 0 Å². The number of benzene rings is 2. The number of nitrogens with two attached hydrogens (primary N) is 1. The largest absolute Gasteiger partial charge is 0.452 e. The number of esters is 1. The number of nitrogen functional groups attached to an aromatic ring is 1. The number of ether oxygens (including phenoxy) is 1. The van der Waals surface area contributed by atoms with Crippen molar-refractivity contribution in [2.45, 2.75) is 6.92 Å². The molecule has 3 N–H and O–H groups in total. The number of carbonyl (C=O) groups is 2. The van der Waals surface area contributed by atoms with Crippen LogP contribution in [0, 0.1) is 12.7 Å². The number of anilines is 2. The second-order valence-electron chi connectivity index (χ2n) is 4.82. The van der Waals surface area contributed by atoms with Gasteiger partial charge in [0.05, 0.1) is 5.56 Å². The first-order valence-corrected chi connectivity index (χ1v) is 7.03. The monoisotopic (exact) mass is 336 g/mol. The van der Waals surface area contributed by atoms with Crippen LogP contribution >= 0.6 is 11.6 Å². The summed E-state index contributed by atoms with van der Waals surface area (Å²) in [4.78, 5) is 23.7. The maximum absolute atomic E-state index is 13.1. The SMILES string of the molecule is Cc1ccc(F)cc1NC(=O)COC(=O)c1ccc(Cl)cc1N. The van der Waals surface area contributed by atoms with Gasteiger partial charge in [-0.2, -0.15) is 0 Å². The summed E-state index contributed by atoms with van der Waals surface area (Å²) in [6.07, 6.45) is 0. The smallest absolute Gasteiger partial charge is 0.340 e. The van der Waals surface area contributed by atoms with Crippen LogP contribution in [-0.4, -0.2) is 18.5 Å². The van der Waals surface area contributed by atoms with Gasteiger partial charge < -0.3 is 15.8 Å². The second kappa shape index (κ2) is 7.11. The van der Waals surface area contributed by atoms with Crippen molar-refractivity contribution in [2.24, 2.45) is 0 Å². The Kier molecular flexibility index (Phi) is 5.18. The molecule has 0 aliphatic heterocycles. The van der Waals surface area contributed by atoms with Crippen molar-refractivity contribution in [1.29, 1.82) is 0 Å². The molecule has 0 radical (unpaired) electrons. The molecule has 0 aliphatic carbocycles. The van der Waals surface area contributed by atoms with Gasteiger partial charge in [-0.3, -0.25) is 4.79 Å². The summed E-state index contributed by atoms with van der Waals surface area (Å²) in [7, 11) is 0. The van der Waals surface area contributed by atoms with Gasteiger partial charge in [0.1, 0.15) is 5.82 Å². The van der Waals surface area contributed by atoms with Crippen molar-refractivity contribution in [3.8, 4) is 0 Å². The number of halogens is 2. The van der Waals surface area contributed by atoms with Gasteiger partial charge in [-0.1, -0.05) is 17.7 Å². The molecule has 0 saturated heterocycles. The third kappa shape index (κ3) is 4.43. The van der Waals surface area contributed by atoms with E-state index in [9.17, 15) is 14.0 Å². The predicted octanol–water partition coefficient (Wildman–Crippen LogP) is 3.17. The summed E-state index contributed by atoms with van der Waals surface area (Å²) in [5.74, 6) is -1.80. The lowest BCUT2D eigenvalue weighted by atomic mass is 10.2. The quantitative estimate of drug-likeness (QED) is 0.663. The number of carbonyl (C=O) groups excluding carboxylic acids is 2. The summed E-state index contributed by atoms with van der Waals surface area (Å²) >= 11 is 5.74. The Morgan fingerprint density at radius 2 is 2.00 bits per heavy atom. The molecule has 120 valence electrons. The first kappa shape index (κ1) is 16.8. The Morgan fingerprint density at radius 3 is 2.70 bits per heavy atom. The fourth-order valence-electron chi connectivity index (χ4n) is 1.84. The highest BCUT2D eigenvalue weighted by atomic mass is 35.5. The number of nitrogens with one attached hydrogen (secondary N) is 1. The highest BCUT2D eigenvalue weighted by Gasteiger charge is 2.14. The molecule has 23 heavy (non-hydrogen) atoms. The third-order valence-corrected chi connectivity index (χ3v) is 3.28. The van der Waals surface area contributed by atoms with Crippen LogP contribution in [0.1, 0.15) is 15.9 Å². The molecule has 0 saturated carbocycles. The zero-order valence-corrected chi connectivity index (χ0v) is 13.0. The van der Waals surface area contributed by atoms with E-state index in [1.165, 1.54) is 36.4 Å². The zero-order valence-electron chi connectivity index (χ0n) is 12.2. The van der Waals surface area contributed by atoms with E-state index in [2.05, 4.69) is 5.32 Å². The molecule has 2 aromatic rings. The van der Waals surface area contributed by atoms with E-state index in [0.717, 1.165) is 0 Å². The Bertz CT molecular complexity index is 765. The molecule has 7 heteroatoms. The molecule has 2 aromatic carbocycles. The lowest BCUT2D eigenvalue weighted by molar-refractivity contribution is -0.119.